The molecule has 0 saturated heterocycles. The predicted molar refractivity (Wildman–Crippen MR) is 111 cm³/mol. The summed E-state index contributed by atoms with van der Waals surface area (Å²) >= 11 is 6.10. The van der Waals surface area contributed by atoms with E-state index in [1.54, 1.807) is 12.1 Å². The molecule has 0 atom stereocenters. The molecule has 0 aliphatic heterocycles. The lowest BCUT2D eigenvalue weighted by Gasteiger charge is -2.12. The molecule has 0 saturated carbocycles. The van der Waals surface area contributed by atoms with Gasteiger partial charge in [-0.05, 0) is 48.7 Å². The molecule has 6 heteroatoms. The first-order valence-corrected chi connectivity index (χ1v) is 9.18. The minimum absolute atomic E-state index is 0.168. The minimum atomic E-state index is -0.373. The van der Waals surface area contributed by atoms with E-state index >= 15 is 0 Å². The number of hydrogen-bond acceptors (Lipinski definition) is 3. The van der Waals surface area contributed by atoms with E-state index in [0.29, 0.717) is 10.6 Å². The van der Waals surface area contributed by atoms with Crippen LogP contribution in [-0.4, -0.2) is 16.8 Å². The summed E-state index contributed by atoms with van der Waals surface area (Å²) in [5.74, 6) is -0.665. The Morgan fingerprint density at radius 2 is 1.68 bits per heavy atom. The maximum absolute atomic E-state index is 12.6. The van der Waals surface area contributed by atoms with Gasteiger partial charge in [0.25, 0.3) is 11.8 Å². The zero-order valence-corrected chi connectivity index (χ0v) is 16.4. The molecule has 0 fully saturated rings. The standard InChI is InChI=1S/C22H20ClN3O2/c1-14-6-5-7-15(2)20(14)26-21(27)16-10-11-24-19(12-16)22(28)25-13-17-8-3-4-9-18(17)23/h3-12H,13H2,1-2H3,(H,25,28)(H,26,27). The Morgan fingerprint density at radius 3 is 2.39 bits per heavy atom. The normalized spacial score (nSPS) is 10.4. The van der Waals surface area contributed by atoms with Gasteiger partial charge in [-0.2, -0.15) is 0 Å². The maximum Gasteiger partial charge on any atom is 0.270 e. The molecule has 0 bridgehead atoms. The van der Waals surface area contributed by atoms with Crippen LogP contribution >= 0.6 is 11.6 Å². The number of nitrogens with one attached hydrogen (secondary N) is 2. The van der Waals surface area contributed by atoms with E-state index in [2.05, 4.69) is 15.6 Å². The number of halogens is 1. The van der Waals surface area contributed by atoms with Crippen LogP contribution < -0.4 is 10.6 Å². The van der Waals surface area contributed by atoms with Crippen LogP contribution in [0, 0.1) is 13.8 Å². The van der Waals surface area contributed by atoms with Gasteiger partial charge in [0.1, 0.15) is 5.69 Å². The van der Waals surface area contributed by atoms with Crippen LogP contribution in [0.1, 0.15) is 37.5 Å². The molecule has 28 heavy (non-hydrogen) atoms. The predicted octanol–water partition coefficient (Wildman–Crippen LogP) is 4.53. The number of aromatic nitrogens is 1. The van der Waals surface area contributed by atoms with Crippen molar-refractivity contribution in [2.75, 3.05) is 5.32 Å². The van der Waals surface area contributed by atoms with Crippen molar-refractivity contribution in [3.05, 3.63) is 93.8 Å². The van der Waals surface area contributed by atoms with E-state index in [-0.39, 0.29) is 24.1 Å². The molecule has 2 N–H and O–H groups in total. The highest BCUT2D eigenvalue weighted by Crippen LogP contribution is 2.20. The highest BCUT2D eigenvalue weighted by atomic mass is 35.5. The van der Waals surface area contributed by atoms with Gasteiger partial charge >= 0.3 is 0 Å². The molecule has 0 spiro atoms. The average Bonchev–Trinajstić information content (AvgIpc) is 2.70. The summed E-state index contributed by atoms with van der Waals surface area (Å²) in [5, 5.41) is 6.26. The second-order valence-electron chi connectivity index (χ2n) is 6.42. The Bertz CT molecular complexity index is 1010. The number of amides is 2. The topological polar surface area (TPSA) is 71.1 Å². The van der Waals surface area contributed by atoms with Gasteiger partial charge in [0, 0.05) is 29.0 Å². The lowest BCUT2D eigenvalue weighted by Crippen LogP contribution is -2.24. The number of hydrogen-bond donors (Lipinski definition) is 2. The van der Waals surface area contributed by atoms with Crippen molar-refractivity contribution in [3.8, 4) is 0 Å². The van der Waals surface area contributed by atoms with E-state index in [1.165, 1.54) is 12.3 Å². The molecule has 3 aromatic rings. The van der Waals surface area contributed by atoms with Crippen LogP contribution in [0.3, 0.4) is 0 Å². The quantitative estimate of drug-likeness (QED) is 0.668. The van der Waals surface area contributed by atoms with Crippen molar-refractivity contribution in [3.63, 3.8) is 0 Å². The first-order valence-electron chi connectivity index (χ1n) is 8.81. The Balaban J connectivity index is 1.72. The van der Waals surface area contributed by atoms with Crippen LogP contribution in [0.15, 0.2) is 60.8 Å². The molecule has 2 amide bonds. The Kier molecular flexibility index (Phi) is 6.06. The van der Waals surface area contributed by atoms with Crippen molar-refractivity contribution in [1.82, 2.24) is 10.3 Å². The van der Waals surface area contributed by atoms with E-state index < -0.39 is 0 Å². The van der Waals surface area contributed by atoms with Crippen LogP contribution in [-0.2, 0) is 6.54 Å². The molecule has 0 aliphatic carbocycles. The molecule has 0 unspecified atom stereocenters. The largest absolute Gasteiger partial charge is 0.347 e. The van der Waals surface area contributed by atoms with Crippen LogP contribution in [0.2, 0.25) is 5.02 Å². The number of anilines is 1. The molecule has 142 valence electrons. The van der Waals surface area contributed by atoms with Gasteiger partial charge in [0.15, 0.2) is 0 Å². The second-order valence-corrected chi connectivity index (χ2v) is 6.83. The fraction of sp³-hybridized carbons (Fsp3) is 0.136. The molecular weight excluding hydrogens is 374 g/mol. The third kappa shape index (κ3) is 4.56. The third-order valence-electron chi connectivity index (χ3n) is 4.37. The van der Waals surface area contributed by atoms with Crippen LogP contribution in [0.5, 0.6) is 0 Å². The number of aryl methyl sites for hydroxylation is 2. The number of para-hydroxylation sites is 1. The van der Waals surface area contributed by atoms with Crippen molar-refractivity contribution in [1.29, 1.82) is 0 Å². The summed E-state index contributed by atoms with van der Waals surface area (Å²) in [6.07, 6.45) is 1.45. The zero-order chi connectivity index (χ0) is 20.1. The molecule has 2 aromatic carbocycles. The van der Waals surface area contributed by atoms with E-state index in [0.717, 1.165) is 22.4 Å². The SMILES string of the molecule is Cc1cccc(C)c1NC(=O)c1ccnc(C(=O)NCc2ccccc2Cl)c1. The summed E-state index contributed by atoms with van der Waals surface area (Å²) in [5.41, 5.74) is 4.05. The second kappa shape index (κ2) is 8.67. The van der Waals surface area contributed by atoms with E-state index in [9.17, 15) is 9.59 Å². The van der Waals surface area contributed by atoms with Crippen molar-refractivity contribution >= 4 is 29.1 Å². The monoisotopic (exact) mass is 393 g/mol. The molecule has 5 nitrogen and oxygen atoms in total. The highest BCUT2D eigenvalue weighted by Gasteiger charge is 2.14. The number of pyridine rings is 1. The summed E-state index contributed by atoms with van der Waals surface area (Å²) in [6, 6.07) is 16.1. The average molecular weight is 394 g/mol. The summed E-state index contributed by atoms with van der Waals surface area (Å²) < 4.78 is 0. The van der Waals surface area contributed by atoms with Crippen molar-refractivity contribution in [2.24, 2.45) is 0 Å². The van der Waals surface area contributed by atoms with Gasteiger partial charge in [0.05, 0.1) is 0 Å². The molecule has 1 heterocycles. The third-order valence-corrected chi connectivity index (χ3v) is 4.74. The van der Waals surface area contributed by atoms with Gasteiger partial charge in [-0.15, -0.1) is 0 Å². The van der Waals surface area contributed by atoms with Gasteiger partial charge in [0.2, 0.25) is 0 Å². The Hall–Kier alpha value is -3.18. The molecule has 1 aromatic heterocycles. The highest BCUT2D eigenvalue weighted by molar-refractivity contribution is 6.31. The Labute approximate surface area is 168 Å². The maximum atomic E-state index is 12.6. The molecule has 3 rings (SSSR count). The molecule has 0 aliphatic rings. The van der Waals surface area contributed by atoms with E-state index in [4.69, 9.17) is 11.6 Å². The van der Waals surface area contributed by atoms with Gasteiger partial charge < -0.3 is 10.6 Å². The summed E-state index contributed by atoms with van der Waals surface area (Å²) in [6.45, 7) is 4.14. The number of nitrogens with zero attached hydrogens (tertiary/aromatic N) is 1. The van der Waals surface area contributed by atoms with Crippen molar-refractivity contribution < 1.29 is 9.59 Å². The molecule has 0 radical (unpaired) electrons. The number of carbonyl (C=O) groups is 2. The lowest BCUT2D eigenvalue weighted by molar-refractivity contribution is 0.0946. The molecular formula is C22H20ClN3O2. The summed E-state index contributed by atoms with van der Waals surface area (Å²) in [7, 11) is 0. The van der Waals surface area contributed by atoms with Crippen LogP contribution in [0.25, 0.3) is 0 Å². The fourth-order valence-electron chi connectivity index (χ4n) is 2.80. The first kappa shape index (κ1) is 19.6. The Morgan fingerprint density at radius 1 is 0.964 bits per heavy atom. The van der Waals surface area contributed by atoms with Gasteiger partial charge in [-0.3, -0.25) is 14.6 Å². The van der Waals surface area contributed by atoms with E-state index in [1.807, 2.05) is 50.2 Å². The number of rotatable bonds is 5. The number of benzene rings is 2. The zero-order valence-electron chi connectivity index (χ0n) is 15.6. The van der Waals surface area contributed by atoms with Gasteiger partial charge in [-0.1, -0.05) is 48.0 Å². The minimum Gasteiger partial charge on any atom is -0.347 e. The summed E-state index contributed by atoms with van der Waals surface area (Å²) in [4.78, 5) is 29.1. The lowest BCUT2D eigenvalue weighted by atomic mass is 10.1. The number of carbonyl (C=O) groups excluding carboxylic acids is 2. The van der Waals surface area contributed by atoms with Gasteiger partial charge in [-0.25, -0.2) is 0 Å². The van der Waals surface area contributed by atoms with Crippen LogP contribution in [0.4, 0.5) is 5.69 Å². The first-order chi connectivity index (χ1) is 13.5. The fourth-order valence-corrected chi connectivity index (χ4v) is 3.00. The van der Waals surface area contributed by atoms with Crippen molar-refractivity contribution in [2.45, 2.75) is 20.4 Å². The smallest absolute Gasteiger partial charge is 0.270 e.